The van der Waals surface area contributed by atoms with Crippen molar-refractivity contribution < 1.29 is 9.53 Å². The largest absolute Gasteiger partial charge is 0.397 e. The molecule has 0 saturated carbocycles. The topological polar surface area (TPSA) is 90.1 Å². The lowest BCUT2D eigenvalue weighted by molar-refractivity contribution is 0.0962. The number of anilines is 1. The molecular formula is C22H24N4O2S. The summed E-state index contributed by atoms with van der Waals surface area (Å²) in [4.78, 5) is 22.5. The van der Waals surface area contributed by atoms with Crippen LogP contribution in [0.15, 0.2) is 61.5 Å². The van der Waals surface area contributed by atoms with Crippen molar-refractivity contribution in [3.05, 3.63) is 66.3 Å². The van der Waals surface area contributed by atoms with Gasteiger partial charge in [-0.3, -0.25) is 9.78 Å². The van der Waals surface area contributed by atoms with Crippen LogP contribution in [0.3, 0.4) is 0 Å². The number of pyridine rings is 2. The Morgan fingerprint density at radius 3 is 3.00 bits per heavy atom. The highest BCUT2D eigenvalue weighted by Crippen LogP contribution is 2.33. The van der Waals surface area contributed by atoms with Gasteiger partial charge in [0.25, 0.3) is 5.91 Å². The molecular weight excluding hydrogens is 384 g/mol. The predicted octanol–water partition coefficient (Wildman–Crippen LogP) is 4.21. The molecule has 0 saturated heterocycles. The van der Waals surface area contributed by atoms with Crippen molar-refractivity contribution in [2.75, 3.05) is 25.5 Å². The molecule has 0 atom stereocenters. The fraction of sp³-hybridized carbons (Fsp3) is 0.227. The molecule has 150 valence electrons. The maximum atomic E-state index is 12.5. The minimum atomic E-state index is -0.204. The van der Waals surface area contributed by atoms with Crippen LogP contribution < -0.4 is 11.1 Å². The highest BCUT2D eigenvalue weighted by atomic mass is 32.1. The summed E-state index contributed by atoms with van der Waals surface area (Å²) in [5, 5.41) is 3.64. The number of fused-ring (bicyclic) bond motifs is 1. The molecule has 3 aromatic heterocycles. The molecule has 6 nitrogen and oxygen atoms in total. The number of unbranched alkanes of at least 4 members (excludes halogenated alkanes) is 1. The molecule has 7 heteroatoms. The van der Waals surface area contributed by atoms with Crippen molar-refractivity contribution in [1.29, 1.82) is 0 Å². The number of allylic oxidation sites excluding steroid dienone is 1. The number of carbonyl (C=O) groups is 1. The molecule has 0 radical (unpaired) electrons. The minimum Gasteiger partial charge on any atom is -0.397 e. The summed E-state index contributed by atoms with van der Waals surface area (Å²) in [5.41, 5.74) is 8.37. The van der Waals surface area contributed by atoms with E-state index in [9.17, 15) is 4.79 Å². The van der Waals surface area contributed by atoms with Gasteiger partial charge in [-0.2, -0.15) is 0 Å². The first-order chi connectivity index (χ1) is 14.2. The molecule has 0 aliphatic carbocycles. The molecule has 0 aliphatic rings. The number of ether oxygens (including phenoxy) is 1. The van der Waals surface area contributed by atoms with Gasteiger partial charge in [0.2, 0.25) is 0 Å². The maximum Gasteiger partial charge on any atom is 0.263 e. The number of carbonyl (C=O) groups excluding carboxylic acids is 1. The van der Waals surface area contributed by atoms with Gasteiger partial charge in [0.05, 0.1) is 18.0 Å². The third-order valence-electron chi connectivity index (χ3n) is 4.22. The van der Waals surface area contributed by atoms with Crippen LogP contribution in [-0.2, 0) is 4.74 Å². The molecule has 3 rings (SSSR count). The number of thiophene rings is 1. The fourth-order valence-corrected chi connectivity index (χ4v) is 3.72. The average Bonchev–Trinajstić information content (AvgIpc) is 3.09. The van der Waals surface area contributed by atoms with Gasteiger partial charge in [-0.1, -0.05) is 18.2 Å². The van der Waals surface area contributed by atoms with Gasteiger partial charge in [0, 0.05) is 36.5 Å². The lowest BCUT2D eigenvalue weighted by Crippen LogP contribution is -2.23. The van der Waals surface area contributed by atoms with E-state index in [4.69, 9.17) is 10.5 Å². The zero-order valence-corrected chi connectivity index (χ0v) is 17.0. The predicted molar refractivity (Wildman–Crippen MR) is 119 cm³/mol. The van der Waals surface area contributed by atoms with Crippen molar-refractivity contribution in [2.24, 2.45) is 0 Å². The number of hydrogen-bond donors (Lipinski definition) is 2. The summed E-state index contributed by atoms with van der Waals surface area (Å²) >= 11 is 1.29. The quantitative estimate of drug-likeness (QED) is 0.387. The Morgan fingerprint density at radius 2 is 2.21 bits per heavy atom. The zero-order valence-electron chi connectivity index (χ0n) is 16.1. The number of hydrogen-bond acceptors (Lipinski definition) is 6. The standard InChI is InChI=1S/C22H24N4O2S/c1-2-3-5-13-28-14-6-4-12-25-21(27)20-19(23)17-9-10-18(26-22(17)29-20)16-8-7-11-24-15-16/h2,4,6-11,15H,1,3,5,12-14,23H2,(H,25,27)/b6-4-. The number of nitrogens with one attached hydrogen (secondary N) is 1. The summed E-state index contributed by atoms with van der Waals surface area (Å²) in [6, 6.07) is 7.60. The SMILES string of the molecule is C=CCCCOC/C=C\CNC(=O)c1sc2nc(-c3cccnc3)ccc2c1N. The van der Waals surface area contributed by atoms with Crippen molar-refractivity contribution in [1.82, 2.24) is 15.3 Å². The molecule has 3 N–H and O–H groups in total. The maximum absolute atomic E-state index is 12.5. The second-order valence-electron chi connectivity index (χ2n) is 6.32. The number of amides is 1. The molecule has 0 spiro atoms. The second kappa shape index (κ2) is 10.5. The summed E-state index contributed by atoms with van der Waals surface area (Å²) in [5.74, 6) is -0.204. The van der Waals surface area contributed by atoms with E-state index >= 15 is 0 Å². The zero-order chi connectivity index (χ0) is 20.5. The molecule has 29 heavy (non-hydrogen) atoms. The Morgan fingerprint density at radius 1 is 1.31 bits per heavy atom. The van der Waals surface area contributed by atoms with Gasteiger partial charge in [0.1, 0.15) is 9.71 Å². The summed E-state index contributed by atoms with van der Waals surface area (Å²) < 4.78 is 5.46. The number of aromatic nitrogens is 2. The summed E-state index contributed by atoms with van der Waals surface area (Å²) in [6.45, 7) is 5.32. The van der Waals surface area contributed by atoms with E-state index < -0.39 is 0 Å². The Bertz CT molecular complexity index is 999. The normalized spacial score (nSPS) is 11.2. The molecule has 0 fully saturated rings. The highest BCUT2D eigenvalue weighted by Gasteiger charge is 2.17. The Hall–Kier alpha value is -3.03. The van der Waals surface area contributed by atoms with E-state index in [1.54, 1.807) is 12.4 Å². The molecule has 3 heterocycles. The van der Waals surface area contributed by atoms with Crippen LogP contribution in [-0.4, -0.2) is 35.6 Å². The van der Waals surface area contributed by atoms with Gasteiger partial charge in [-0.05, 0) is 37.1 Å². The van der Waals surface area contributed by atoms with Crippen LogP contribution in [0.5, 0.6) is 0 Å². The van der Waals surface area contributed by atoms with Crippen LogP contribution in [0.4, 0.5) is 5.69 Å². The average molecular weight is 409 g/mol. The van der Waals surface area contributed by atoms with E-state index in [2.05, 4.69) is 21.9 Å². The van der Waals surface area contributed by atoms with Gasteiger partial charge in [-0.15, -0.1) is 17.9 Å². The van der Waals surface area contributed by atoms with Gasteiger partial charge in [0.15, 0.2) is 0 Å². The smallest absolute Gasteiger partial charge is 0.263 e. The monoisotopic (exact) mass is 408 g/mol. The van der Waals surface area contributed by atoms with Crippen molar-refractivity contribution in [3.63, 3.8) is 0 Å². The molecule has 0 unspecified atom stereocenters. The molecule has 0 aliphatic heterocycles. The fourth-order valence-electron chi connectivity index (χ4n) is 2.71. The molecule has 3 aromatic rings. The third-order valence-corrected chi connectivity index (χ3v) is 5.33. The number of nitrogens with zero attached hydrogens (tertiary/aromatic N) is 2. The van der Waals surface area contributed by atoms with E-state index in [-0.39, 0.29) is 5.91 Å². The van der Waals surface area contributed by atoms with E-state index in [1.807, 2.05) is 42.5 Å². The summed E-state index contributed by atoms with van der Waals surface area (Å²) in [7, 11) is 0. The van der Waals surface area contributed by atoms with E-state index in [1.165, 1.54) is 11.3 Å². The third kappa shape index (κ3) is 5.49. The Kier molecular flexibility index (Phi) is 7.49. The molecule has 0 aromatic carbocycles. The van der Waals surface area contributed by atoms with Crippen molar-refractivity contribution in [2.45, 2.75) is 12.8 Å². The van der Waals surface area contributed by atoms with E-state index in [0.29, 0.717) is 30.3 Å². The highest BCUT2D eigenvalue weighted by molar-refractivity contribution is 7.21. The van der Waals surface area contributed by atoms with Gasteiger partial charge < -0.3 is 15.8 Å². The first-order valence-electron chi connectivity index (χ1n) is 9.42. The van der Waals surface area contributed by atoms with Crippen molar-refractivity contribution >= 4 is 33.1 Å². The number of nitrogens with two attached hydrogens (primary N) is 1. The first kappa shape index (κ1) is 20.7. The Labute approximate surface area is 174 Å². The first-order valence-corrected chi connectivity index (χ1v) is 10.2. The van der Waals surface area contributed by atoms with Crippen LogP contribution in [0, 0.1) is 0 Å². The molecule has 1 amide bonds. The van der Waals surface area contributed by atoms with Crippen molar-refractivity contribution in [3.8, 4) is 11.3 Å². The van der Waals surface area contributed by atoms with E-state index in [0.717, 1.165) is 34.3 Å². The van der Waals surface area contributed by atoms with Crippen LogP contribution in [0.1, 0.15) is 22.5 Å². The minimum absolute atomic E-state index is 0.204. The van der Waals surface area contributed by atoms with Crippen LogP contribution >= 0.6 is 11.3 Å². The van der Waals surface area contributed by atoms with Crippen LogP contribution in [0.2, 0.25) is 0 Å². The summed E-state index contributed by atoms with van der Waals surface area (Å²) in [6.07, 6.45) is 11.0. The van der Waals surface area contributed by atoms with Crippen LogP contribution in [0.25, 0.3) is 21.5 Å². The number of rotatable bonds is 10. The lowest BCUT2D eigenvalue weighted by Gasteiger charge is -2.01. The molecule has 0 bridgehead atoms. The number of nitrogen functional groups attached to an aromatic ring is 1. The van der Waals surface area contributed by atoms with Gasteiger partial charge >= 0.3 is 0 Å². The lowest BCUT2D eigenvalue weighted by atomic mass is 10.1. The second-order valence-corrected chi connectivity index (χ2v) is 7.32. The Balaban J connectivity index is 1.58. The van der Waals surface area contributed by atoms with Gasteiger partial charge in [-0.25, -0.2) is 4.98 Å².